The average Bonchev–Trinajstić information content (AvgIpc) is 3.22. The first-order valence-corrected chi connectivity index (χ1v) is 8.22. The van der Waals surface area contributed by atoms with Crippen LogP contribution in [0.1, 0.15) is 44.2 Å². The van der Waals surface area contributed by atoms with Crippen molar-refractivity contribution in [2.24, 2.45) is 0 Å². The molecule has 2 atom stereocenters. The minimum absolute atomic E-state index is 0.231. The molecule has 4 heteroatoms. The number of ether oxygens (including phenoxy) is 1. The number of carbonyl (C=O) groups is 1. The number of benzene rings is 2. The molecule has 4 nitrogen and oxygen atoms in total. The van der Waals surface area contributed by atoms with Gasteiger partial charge in [-0.3, -0.25) is 0 Å². The molecular formula is C20H24N2O2. The van der Waals surface area contributed by atoms with Gasteiger partial charge in [-0.2, -0.15) is 0 Å². The monoisotopic (exact) mass is 324 g/mol. The molecule has 1 amide bonds. The van der Waals surface area contributed by atoms with E-state index in [-0.39, 0.29) is 5.92 Å². The highest BCUT2D eigenvalue weighted by Crippen LogP contribution is 2.58. The molecule has 2 aromatic rings. The molecule has 3 N–H and O–H groups in total. The van der Waals surface area contributed by atoms with Crippen LogP contribution in [-0.2, 0) is 10.3 Å². The van der Waals surface area contributed by atoms with Gasteiger partial charge in [-0.15, -0.1) is 0 Å². The van der Waals surface area contributed by atoms with Gasteiger partial charge in [0.2, 0.25) is 0 Å². The summed E-state index contributed by atoms with van der Waals surface area (Å²) in [5, 5.41) is 3.11. The zero-order valence-corrected chi connectivity index (χ0v) is 14.4. The van der Waals surface area contributed by atoms with Crippen molar-refractivity contribution < 1.29 is 9.53 Å². The van der Waals surface area contributed by atoms with Crippen molar-refractivity contribution in [2.75, 3.05) is 5.73 Å². The predicted molar refractivity (Wildman–Crippen MR) is 95.7 cm³/mol. The molecule has 2 aromatic carbocycles. The van der Waals surface area contributed by atoms with Crippen LogP contribution in [0.3, 0.4) is 0 Å². The maximum absolute atomic E-state index is 12.4. The third-order valence-corrected chi connectivity index (χ3v) is 4.31. The fourth-order valence-corrected chi connectivity index (χ4v) is 3.15. The summed E-state index contributed by atoms with van der Waals surface area (Å²) in [6, 6.07) is 17.9. The number of nitrogens with one attached hydrogen (secondary N) is 1. The Morgan fingerprint density at radius 1 is 1.12 bits per heavy atom. The van der Waals surface area contributed by atoms with E-state index in [2.05, 4.69) is 17.4 Å². The second-order valence-corrected chi connectivity index (χ2v) is 7.39. The van der Waals surface area contributed by atoms with Crippen LogP contribution in [0.15, 0.2) is 54.6 Å². The summed E-state index contributed by atoms with van der Waals surface area (Å²) < 4.78 is 5.47. The lowest BCUT2D eigenvalue weighted by Gasteiger charge is -2.25. The Kier molecular flexibility index (Phi) is 3.99. The Morgan fingerprint density at radius 3 is 2.33 bits per heavy atom. The molecular weight excluding hydrogens is 300 g/mol. The smallest absolute Gasteiger partial charge is 0.408 e. The number of anilines is 1. The highest BCUT2D eigenvalue weighted by atomic mass is 16.6. The summed E-state index contributed by atoms with van der Waals surface area (Å²) in [7, 11) is 0. The molecule has 0 radical (unpaired) electrons. The van der Waals surface area contributed by atoms with Gasteiger partial charge in [0, 0.05) is 11.6 Å². The highest BCUT2D eigenvalue weighted by molar-refractivity contribution is 5.71. The van der Waals surface area contributed by atoms with Crippen LogP contribution in [0.25, 0.3) is 0 Å². The molecule has 0 spiro atoms. The molecule has 0 heterocycles. The SMILES string of the molecule is CC(C)(C)OC(=O)NC1(c2ccc(N)cc2)CC1c1ccccc1. The first-order chi connectivity index (χ1) is 11.3. The molecule has 1 saturated carbocycles. The quantitative estimate of drug-likeness (QED) is 0.833. The van der Waals surface area contributed by atoms with Gasteiger partial charge in [-0.25, -0.2) is 4.79 Å². The van der Waals surface area contributed by atoms with Gasteiger partial charge in [0.1, 0.15) is 5.60 Å². The molecule has 0 bridgehead atoms. The van der Waals surface area contributed by atoms with Gasteiger partial charge < -0.3 is 15.8 Å². The number of nitrogen functional groups attached to an aromatic ring is 1. The summed E-state index contributed by atoms with van der Waals surface area (Å²) >= 11 is 0. The molecule has 1 aliphatic carbocycles. The fourth-order valence-electron chi connectivity index (χ4n) is 3.15. The number of amides is 1. The van der Waals surface area contributed by atoms with E-state index in [9.17, 15) is 4.79 Å². The Balaban J connectivity index is 1.89. The summed E-state index contributed by atoms with van der Waals surface area (Å²) in [5.74, 6) is 0.231. The molecule has 0 saturated heterocycles. The zero-order valence-electron chi connectivity index (χ0n) is 14.4. The van der Waals surface area contributed by atoms with E-state index in [1.165, 1.54) is 5.56 Å². The Bertz CT molecular complexity index is 720. The number of nitrogens with two attached hydrogens (primary N) is 1. The van der Waals surface area contributed by atoms with Crippen molar-refractivity contribution in [2.45, 2.75) is 44.2 Å². The second-order valence-electron chi connectivity index (χ2n) is 7.39. The van der Waals surface area contributed by atoms with Crippen LogP contribution < -0.4 is 11.1 Å². The molecule has 0 aromatic heterocycles. The highest BCUT2D eigenvalue weighted by Gasteiger charge is 2.57. The van der Waals surface area contributed by atoms with Crippen molar-refractivity contribution in [3.63, 3.8) is 0 Å². The van der Waals surface area contributed by atoms with Crippen LogP contribution in [0, 0.1) is 0 Å². The number of hydrogen-bond donors (Lipinski definition) is 2. The van der Waals surface area contributed by atoms with Crippen molar-refractivity contribution >= 4 is 11.8 Å². The zero-order chi connectivity index (χ0) is 17.4. The van der Waals surface area contributed by atoms with Crippen LogP contribution in [-0.4, -0.2) is 11.7 Å². The van der Waals surface area contributed by atoms with Crippen molar-refractivity contribution in [1.29, 1.82) is 0 Å². The van der Waals surface area contributed by atoms with E-state index in [1.54, 1.807) is 0 Å². The molecule has 1 fully saturated rings. The lowest BCUT2D eigenvalue weighted by molar-refractivity contribution is 0.0493. The first-order valence-electron chi connectivity index (χ1n) is 8.22. The van der Waals surface area contributed by atoms with Gasteiger partial charge in [0.25, 0.3) is 0 Å². The Labute approximate surface area is 143 Å². The normalized spacial score (nSPS) is 22.7. The molecule has 1 aliphatic rings. The van der Waals surface area contributed by atoms with Crippen LogP contribution in [0.5, 0.6) is 0 Å². The van der Waals surface area contributed by atoms with E-state index in [1.807, 2.05) is 63.2 Å². The lowest BCUT2D eigenvalue weighted by Crippen LogP contribution is -2.40. The van der Waals surface area contributed by atoms with Crippen LogP contribution in [0.4, 0.5) is 10.5 Å². The third-order valence-electron chi connectivity index (χ3n) is 4.31. The first kappa shape index (κ1) is 16.4. The van der Waals surface area contributed by atoms with Gasteiger partial charge in [-0.1, -0.05) is 42.5 Å². The van der Waals surface area contributed by atoms with Crippen molar-refractivity contribution in [3.8, 4) is 0 Å². The molecule has 3 rings (SSSR count). The minimum Gasteiger partial charge on any atom is -0.444 e. The molecule has 2 unspecified atom stereocenters. The largest absolute Gasteiger partial charge is 0.444 e. The van der Waals surface area contributed by atoms with Gasteiger partial charge >= 0.3 is 6.09 Å². The summed E-state index contributed by atoms with van der Waals surface area (Å²) in [6.45, 7) is 5.60. The maximum Gasteiger partial charge on any atom is 0.408 e. The average molecular weight is 324 g/mol. The predicted octanol–water partition coefficient (Wildman–Crippen LogP) is 4.18. The topological polar surface area (TPSA) is 64.3 Å². The van der Waals surface area contributed by atoms with E-state index in [0.717, 1.165) is 12.0 Å². The number of alkyl carbamates (subject to hydrolysis) is 1. The van der Waals surface area contributed by atoms with E-state index < -0.39 is 17.2 Å². The standard InChI is InChI=1S/C20H24N2O2/c1-19(2,3)24-18(23)22-20(15-9-11-16(21)12-10-15)13-17(20)14-7-5-4-6-8-14/h4-12,17H,13,21H2,1-3H3,(H,22,23). The van der Waals surface area contributed by atoms with Crippen LogP contribution >= 0.6 is 0 Å². The van der Waals surface area contributed by atoms with Crippen LogP contribution in [0.2, 0.25) is 0 Å². The summed E-state index contributed by atoms with van der Waals surface area (Å²) in [6.07, 6.45) is 0.456. The van der Waals surface area contributed by atoms with Crippen molar-refractivity contribution in [3.05, 3.63) is 65.7 Å². The summed E-state index contributed by atoms with van der Waals surface area (Å²) in [4.78, 5) is 12.4. The maximum atomic E-state index is 12.4. The van der Waals surface area contributed by atoms with Gasteiger partial charge in [0.15, 0.2) is 0 Å². The van der Waals surface area contributed by atoms with Gasteiger partial charge in [-0.05, 0) is 50.5 Å². The molecule has 24 heavy (non-hydrogen) atoms. The Morgan fingerprint density at radius 2 is 1.75 bits per heavy atom. The fraction of sp³-hybridized carbons (Fsp3) is 0.350. The lowest BCUT2D eigenvalue weighted by atomic mass is 9.98. The third kappa shape index (κ3) is 3.37. The molecule has 0 aliphatic heterocycles. The second kappa shape index (κ2) is 5.86. The number of rotatable bonds is 3. The Hall–Kier alpha value is -2.49. The van der Waals surface area contributed by atoms with E-state index >= 15 is 0 Å². The summed E-state index contributed by atoms with van der Waals surface area (Å²) in [5.41, 5.74) is 7.83. The number of hydrogen-bond acceptors (Lipinski definition) is 3. The van der Waals surface area contributed by atoms with Crippen molar-refractivity contribution in [1.82, 2.24) is 5.32 Å². The van der Waals surface area contributed by atoms with Gasteiger partial charge in [0.05, 0.1) is 5.54 Å². The van der Waals surface area contributed by atoms with E-state index in [0.29, 0.717) is 5.69 Å². The van der Waals surface area contributed by atoms with E-state index in [4.69, 9.17) is 10.5 Å². The molecule has 126 valence electrons. The minimum atomic E-state index is -0.524. The number of carbonyl (C=O) groups excluding carboxylic acids is 1.